The van der Waals surface area contributed by atoms with Gasteiger partial charge in [-0.1, -0.05) is 68.7 Å². The lowest BCUT2D eigenvalue weighted by Crippen LogP contribution is -2.40. The van der Waals surface area contributed by atoms with Gasteiger partial charge in [-0.05, 0) is 55.8 Å². The average Bonchev–Trinajstić information content (AvgIpc) is 3.33. The zero-order valence-electron chi connectivity index (χ0n) is 25.5. The van der Waals surface area contributed by atoms with Gasteiger partial charge in [0, 0.05) is 25.6 Å². The molecule has 3 aromatic carbocycles. The number of benzene rings is 3. The zero-order chi connectivity index (χ0) is 33.1. The molecule has 0 amide bonds. The molecule has 1 atom stereocenters. The molecule has 0 radical (unpaired) electrons. The van der Waals surface area contributed by atoms with E-state index in [0.717, 1.165) is 5.56 Å². The maximum Gasteiger partial charge on any atom is 0.338 e. The number of carbonyl (C=O) groups excluding carboxylic acids is 1. The first-order chi connectivity index (χ1) is 22.1. The van der Waals surface area contributed by atoms with Crippen molar-refractivity contribution in [2.24, 2.45) is 4.99 Å². The Morgan fingerprint density at radius 3 is 2.43 bits per heavy atom. The Labute approximate surface area is 287 Å². The van der Waals surface area contributed by atoms with Crippen molar-refractivity contribution in [1.29, 1.82) is 0 Å². The highest BCUT2D eigenvalue weighted by Crippen LogP contribution is 2.41. The summed E-state index contributed by atoms with van der Waals surface area (Å²) in [5.41, 5.74) is 2.22. The van der Waals surface area contributed by atoms with E-state index < -0.39 is 12.0 Å². The van der Waals surface area contributed by atoms with Crippen LogP contribution in [-0.2, 0) is 16.1 Å². The van der Waals surface area contributed by atoms with Crippen LogP contribution in [0.25, 0.3) is 6.08 Å². The summed E-state index contributed by atoms with van der Waals surface area (Å²) >= 11 is 17.3. The summed E-state index contributed by atoms with van der Waals surface area (Å²) in [5.74, 6) is 1.23. The lowest BCUT2D eigenvalue weighted by atomic mass is 9.95. The lowest BCUT2D eigenvalue weighted by Gasteiger charge is -2.26. The summed E-state index contributed by atoms with van der Waals surface area (Å²) in [7, 11) is 4.58. The molecule has 0 spiro atoms. The second kappa shape index (κ2) is 14.3. The Morgan fingerprint density at radius 1 is 1.04 bits per heavy atom. The summed E-state index contributed by atoms with van der Waals surface area (Å²) in [5, 5.41) is 0.980. The number of rotatable bonds is 10. The lowest BCUT2D eigenvalue weighted by molar-refractivity contribution is -0.139. The van der Waals surface area contributed by atoms with Crippen molar-refractivity contribution < 1.29 is 28.5 Å². The molecule has 4 aromatic rings. The van der Waals surface area contributed by atoms with Crippen LogP contribution in [0.4, 0.5) is 0 Å². The summed E-state index contributed by atoms with van der Waals surface area (Å²) in [4.78, 5) is 32.7. The Kier molecular flexibility index (Phi) is 10.5. The van der Waals surface area contributed by atoms with E-state index in [1.54, 1.807) is 62.4 Å². The highest BCUT2D eigenvalue weighted by Gasteiger charge is 2.35. The van der Waals surface area contributed by atoms with Crippen molar-refractivity contribution in [2.75, 3.05) is 27.9 Å². The minimum atomic E-state index is -0.875. The standard InChI is InChI=1S/C33H29BrCl2N2O7S/c1-6-44-32(40)28-17(2)37-33-38(29(28)21-14-25(42-4)26(43-5)15-22(21)34)31(39)27(46-33)12-18-8-7-9-24(41-3)30(18)45-16-19-10-11-20(35)13-23(19)36/h7-15,29H,6,16H2,1-5H3/b27-12-/t29-/m1/s1. The Balaban J connectivity index is 1.68. The average molecular weight is 748 g/mol. The Bertz CT molecular complexity index is 2040. The van der Waals surface area contributed by atoms with E-state index in [4.69, 9.17) is 46.9 Å². The fourth-order valence-electron chi connectivity index (χ4n) is 5.06. The van der Waals surface area contributed by atoms with E-state index >= 15 is 0 Å². The van der Waals surface area contributed by atoms with Crippen LogP contribution < -0.4 is 33.8 Å². The molecular formula is C33H29BrCl2N2O7S. The monoisotopic (exact) mass is 746 g/mol. The number of fused-ring (bicyclic) bond motifs is 1. The van der Waals surface area contributed by atoms with E-state index in [9.17, 15) is 9.59 Å². The molecule has 240 valence electrons. The van der Waals surface area contributed by atoms with Crippen molar-refractivity contribution in [3.63, 3.8) is 0 Å². The van der Waals surface area contributed by atoms with Crippen LogP contribution in [0.3, 0.4) is 0 Å². The molecule has 46 heavy (non-hydrogen) atoms. The molecule has 0 N–H and O–H groups in total. The minimum absolute atomic E-state index is 0.133. The molecule has 0 fully saturated rings. The highest BCUT2D eigenvalue weighted by molar-refractivity contribution is 9.10. The van der Waals surface area contributed by atoms with Gasteiger partial charge in [-0.2, -0.15) is 0 Å². The number of allylic oxidation sites excluding steroid dienone is 1. The van der Waals surface area contributed by atoms with Gasteiger partial charge in [-0.15, -0.1) is 0 Å². The number of hydrogen-bond acceptors (Lipinski definition) is 9. The number of para-hydroxylation sites is 1. The molecular weight excluding hydrogens is 719 g/mol. The maximum atomic E-state index is 14.3. The first-order valence-electron chi connectivity index (χ1n) is 14.0. The number of thiazole rings is 1. The van der Waals surface area contributed by atoms with Gasteiger partial charge >= 0.3 is 5.97 Å². The second-order valence-corrected chi connectivity index (χ2v) is 12.6. The largest absolute Gasteiger partial charge is 0.493 e. The third-order valence-electron chi connectivity index (χ3n) is 7.22. The Hall–Kier alpha value is -3.77. The molecule has 1 aromatic heterocycles. The first-order valence-corrected chi connectivity index (χ1v) is 16.3. The molecule has 0 unspecified atom stereocenters. The van der Waals surface area contributed by atoms with E-state index in [0.29, 0.717) is 63.7 Å². The van der Waals surface area contributed by atoms with E-state index in [2.05, 4.69) is 20.9 Å². The van der Waals surface area contributed by atoms with Crippen molar-refractivity contribution in [3.05, 3.63) is 111 Å². The summed E-state index contributed by atoms with van der Waals surface area (Å²) in [6, 6.07) is 13.1. The number of methoxy groups -OCH3 is 3. The number of esters is 1. The van der Waals surface area contributed by atoms with Crippen molar-refractivity contribution in [2.45, 2.75) is 26.5 Å². The van der Waals surface area contributed by atoms with Crippen LogP contribution in [0.2, 0.25) is 10.0 Å². The van der Waals surface area contributed by atoms with E-state index in [1.165, 1.54) is 37.2 Å². The summed E-state index contributed by atoms with van der Waals surface area (Å²) < 4.78 is 30.7. The number of aromatic nitrogens is 1. The quantitative estimate of drug-likeness (QED) is 0.172. The van der Waals surface area contributed by atoms with E-state index in [-0.39, 0.29) is 24.3 Å². The number of carbonyl (C=O) groups is 1. The van der Waals surface area contributed by atoms with Crippen LogP contribution in [0.5, 0.6) is 23.0 Å². The zero-order valence-corrected chi connectivity index (χ0v) is 29.4. The maximum absolute atomic E-state index is 14.3. The van der Waals surface area contributed by atoms with Crippen molar-refractivity contribution in [1.82, 2.24) is 4.57 Å². The number of nitrogens with zero attached hydrogens (tertiary/aromatic N) is 2. The second-order valence-electron chi connectivity index (χ2n) is 9.93. The topological polar surface area (TPSA) is 97.6 Å². The molecule has 1 aliphatic rings. The van der Waals surface area contributed by atoms with Gasteiger partial charge in [-0.25, -0.2) is 9.79 Å². The van der Waals surface area contributed by atoms with Crippen molar-refractivity contribution in [3.8, 4) is 23.0 Å². The van der Waals surface area contributed by atoms with Gasteiger partial charge in [-0.3, -0.25) is 9.36 Å². The molecule has 0 aliphatic carbocycles. The van der Waals surface area contributed by atoms with Crippen LogP contribution >= 0.6 is 50.5 Å². The van der Waals surface area contributed by atoms with Gasteiger partial charge < -0.3 is 23.7 Å². The fourth-order valence-corrected chi connectivity index (χ4v) is 7.10. The van der Waals surface area contributed by atoms with Gasteiger partial charge in [0.25, 0.3) is 5.56 Å². The molecule has 2 heterocycles. The number of ether oxygens (including phenoxy) is 5. The molecule has 5 rings (SSSR count). The summed E-state index contributed by atoms with van der Waals surface area (Å²) in [6.07, 6.45) is 1.72. The Morgan fingerprint density at radius 2 is 1.76 bits per heavy atom. The molecule has 13 heteroatoms. The number of halogens is 3. The van der Waals surface area contributed by atoms with Crippen molar-refractivity contribution >= 4 is 62.5 Å². The van der Waals surface area contributed by atoms with Gasteiger partial charge in [0.05, 0.1) is 49.8 Å². The molecule has 0 saturated heterocycles. The first kappa shape index (κ1) is 33.6. The predicted octanol–water partition coefficient (Wildman–Crippen LogP) is 6.47. The normalized spacial score (nSPS) is 14.4. The summed E-state index contributed by atoms with van der Waals surface area (Å²) in [6.45, 7) is 3.73. The third kappa shape index (κ3) is 6.55. The molecule has 0 saturated carbocycles. The van der Waals surface area contributed by atoms with Gasteiger partial charge in [0.1, 0.15) is 6.61 Å². The SMILES string of the molecule is CCOC(=O)C1=C(C)N=c2s/c(=C\c3cccc(OC)c3OCc3ccc(Cl)cc3Cl)c(=O)n2[C@@H]1c1cc(OC)c(OC)cc1Br. The highest BCUT2D eigenvalue weighted by atomic mass is 79.9. The predicted molar refractivity (Wildman–Crippen MR) is 181 cm³/mol. The van der Waals surface area contributed by atoms with Gasteiger partial charge in [0.15, 0.2) is 27.8 Å². The minimum Gasteiger partial charge on any atom is -0.493 e. The van der Waals surface area contributed by atoms with E-state index in [1.807, 2.05) is 6.07 Å². The molecule has 9 nitrogen and oxygen atoms in total. The van der Waals surface area contributed by atoms with Crippen LogP contribution in [-0.4, -0.2) is 38.5 Å². The van der Waals surface area contributed by atoms with Gasteiger partial charge in [0.2, 0.25) is 0 Å². The number of hydrogen-bond donors (Lipinski definition) is 0. The molecule has 0 bridgehead atoms. The molecule has 1 aliphatic heterocycles. The van der Waals surface area contributed by atoms with Crippen LogP contribution in [0.1, 0.15) is 36.6 Å². The van der Waals surface area contributed by atoms with Crippen LogP contribution in [0.15, 0.2) is 74.1 Å². The smallest absolute Gasteiger partial charge is 0.338 e. The third-order valence-corrected chi connectivity index (χ3v) is 9.47. The fraction of sp³-hybridized carbons (Fsp3) is 0.242. The van der Waals surface area contributed by atoms with Crippen LogP contribution in [0, 0.1) is 0 Å².